The van der Waals surface area contributed by atoms with Gasteiger partial charge in [0.05, 0.1) is 18.8 Å². The van der Waals surface area contributed by atoms with E-state index in [2.05, 4.69) is 104 Å². The molecule has 3 N–H and O–H groups in total. The van der Waals surface area contributed by atoms with Crippen LogP contribution in [0.3, 0.4) is 0 Å². The zero-order valence-electron chi connectivity index (χ0n) is 32.4. The Morgan fingerprint density at radius 2 is 0.900 bits per heavy atom. The molecular formula is C46H77NO3. The van der Waals surface area contributed by atoms with Gasteiger partial charge < -0.3 is 15.5 Å². The second kappa shape index (κ2) is 40.7. The molecule has 2 unspecified atom stereocenters. The van der Waals surface area contributed by atoms with Crippen molar-refractivity contribution in [2.24, 2.45) is 0 Å². The van der Waals surface area contributed by atoms with Crippen LogP contribution in [0.15, 0.2) is 97.2 Å². The minimum atomic E-state index is -0.877. The molecule has 0 radical (unpaired) electrons. The summed E-state index contributed by atoms with van der Waals surface area (Å²) in [4.78, 5) is 12.4. The Labute approximate surface area is 309 Å². The summed E-state index contributed by atoms with van der Waals surface area (Å²) in [5.74, 6) is -0.0913. The van der Waals surface area contributed by atoms with Gasteiger partial charge in [0.1, 0.15) is 0 Å². The van der Waals surface area contributed by atoms with Gasteiger partial charge >= 0.3 is 0 Å². The van der Waals surface area contributed by atoms with E-state index in [0.29, 0.717) is 6.42 Å². The molecule has 0 fully saturated rings. The van der Waals surface area contributed by atoms with Crippen molar-refractivity contribution in [2.45, 2.75) is 180 Å². The first-order valence-corrected chi connectivity index (χ1v) is 20.5. The molecule has 4 nitrogen and oxygen atoms in total. The van der Waals surface area contributed by atoms with Crippen molar-refractivity contribution in [2.75, 3.05) is 6.61 Å². The maximum atomic E-state index is 12.4. The van der Waals surface area contributed by atoms with Crippen LogP contribution in [0.1, 0.15) is 168 Å². The van der Waals surface area contributed by atoms with Crippen molar-refractivity contribution >= 4 is 5.91 Å². The molecule has 0 bridgehead atoms. The van der Waals surface area contributed by atoms with Gasteiger partial charge in [-0.15, -0.1) is 0 Å². The van der Waals surface area contributed by atoms with Crippen LogP contribution in [0.5, 0.6) is 0 Å². The predicted molar refractivity (Wildman–Crippen MR) is 220 cm³/mol. The third kappa shape index (κ3) is 36.6. The van der Waals surface area contributed by atoms with Crippen LogP contribution in [0.2, 0.25) is 0 Å². The molecule has 0 rings (SSSR count). The number of rotatable bonds is 35. The van der Waals surface area contributed by atoms with Crippen LogP contribution < -0.4 is 5.32 Å². The molecule has 2 atom stereocenters. The van der Waals surface area contributed by atoms with Gasteiger partial charge in [-0.05, 0) is 89.9 Å². The maximum absolute atomic E-state index is 12.4. The van der Waals surface area contributed by atoms with Crippen LogP contribution >= 0.6 is 0 Å². The summed E-state index contributed by atoms with van der Waals surface area (Å²) >= 11 is 0. The van der Waals surface area contributed by atoms with Crippen molar-refractivity contribution in [1.82, 2.24) is 5.32 Å². The molecule has 1 amide bonds. The lowest BCUT2D eigenvalue weighted by molar-refractivity contribution is -0.123. The first-order valence-electron chi connectivity index (χ1n) is 20.5. The van der Waals surface area contributed by atoms with Gasteiger partial charge in [0, 0.05) is 6.42 Å². The Morgan fingerprint density at radius 1 is 0.500 bits per heavy atom. The molecule has 284 valence electrons. The van der Waals surface area contributed by atoms with Crippen molar-refractivity contribution in [1.29, 1.82) is 0 Å². The average Bonchev–Trinajstić information content (AvgIpc) is 3.12. The first kappa shape index (κ1) is 47.3. The Hall–Kier alpha value is -2.69. The van der Waals surface area contributed by atoms with Gasteiger partial charge in [0.25, 0.3) is 0 Å². The second-order valence-electron chi connectivity index (χ2n) is 13.3. The Kier molecular flexibility index (Phi) is 38.5. The molecule has 0 spiro atoms. The van der Waals surface area contributed by atoms with Gasteiger partial charge in [-0.1, -0.05) is 169 Å². The largest absolute Gasteiger partial charge is 0.394 e. The lowest BCUT2D eigenvalue weighted by Crippen LogP contribution is -2.45. The summed E-state index contributed by atoms with van der Waals surface area (Å²) in [6.07, 6.45) is 60.7. The molecule has 4 heteroatoms. The number of amides is 1. The van der Waals surface area contributed by atoms with Gasteiger partial charge in [0.15, 0.2) is 0 Å². The molecule has 0 saturated carbocycles. The van der Waals surface area contributed by atoms with E-state index in [1.165, 1.54) is 70.6 Å². The van der Waals surface area contributed by atoms with Gasteiger partial charge in [-0.25, -0.2) is 0 Å². The summed E-state index contributed by atoms with van der Waals surface area (Å²) in [6, 6.07) is -0.653. The predicted octanol–water partition coefficient (Wildman–Crippen LogP) is 12.7. The monoisotopic (exact) mass is 692 g/mol. The quantitative estimate of drug-likeness (QED) is 0.0458. The molecule has 0 aliphatic carbocycles. The number of nitrogens with one attached hydrogen (secondary N) is 1. The molecule has 0 heterocycles. The number of carbonyl (C=O) groups excluding carboxylic acids is 1. The van der Waals surface area contributed by atoms with Gasteiger partial charge in [-0.3, -0.25) is 4.79 Å². The van der Waals surface area contributed by atoms with E-state index in [-0.39, 0.29) is 12.5 Å². The maximum Gasteiger partial charge on any atom is 0.220 e. The van der Waals surface area contributed by atoms with Crippen molar-refractivity contribution in [3.05, 3.63) is 97.2 Å². The molecule has 0 aromatic rings. The van der Waals surface area contributed by atoms with Crippen LogP contribution in [0, 0.1) is 0 Å². The third-order valence-electron chi connectivity index (χ3n) is 8.53. The molecule has 0 aliphatic heterocycles. The SMILES string of the molecule is CC/C=C\C/C=C\C/C=C\C/C=C\C/C=C\CCCCCCCCCCCC(=O)NC(CO)C(O)/C=C/CC/C=C/CC/C=C/CCCCC. The average molecular weight is 692 g/mol. The van der Waals surface area contributed by atoms with Crippen molar-refractivity contribution < 1.29 is 15.0 Å². The number of allylic oxidation sites excluding steroid dienone is 15. The number of aliphatic hydroxyl groups excluding tert-OH is 2. The number of hydrogen-bond donors (Lipinski definition) is 3. The van der Waals surface area contributed by atoms with E-state index in [4.69, 9.17) is 0 Å². The summed E-state index contributed by atoms with van der Waals surface area (Å²) in [6.45, 7) is 4.12. The molecule has 0 aromatic carbocycles. The summed E-state index contributed by atoms with van der Waals surface area (Å²) in [7, 11) is 0. The molecule has 0 aliphatic rings. The van der Waals surface area contributed by atoms with Crippen LogP contribution in [-0.4, -0.2) is 34.9 Å². The van der Waals surface area contributed by atoms with Crippen molar-refractivity contribution in [3.63, 3.8) is 0 Å². The van der Waals surface area contributed by atoms with Crippen LogP contribution in [0.25, 0.3) is 0 Å². The fraction of sp³-hybridized carbons (Fsp3) is 0.630. The van der Waals surface area contributed by atoms with Crippen LogP contribution in [-0.2, 0) is 4.79 Å². The fourth-order valence-electron chi connectivity index (χ4n) is 5.41. The smallest absolute Gasteiger partial charge is 0.220 e. The Morgan fingerprint density at radius 3 is 1.40 bits per heavy atom. The molecular weight excluding hydrogens is 615 g/mol. The van der Waals surface area contributed by atoms with Gasteiger partial charge in [-0.2, -0.15) is 0 Å². The fourth-order valence-corrected chi connectivity index (χ4v) is 5.41. The topological polar surface area (TPSA) is 69.6 Å². The number of hydrogen-bond acceptors (Lipinski definition) is 3. The van der Waals surface area contributed by atoms with E-state index in [9.17, 15) is 15.0 Å². The molecule has 0 aromatic heterocycles. The zero-order chi connectivity index (χ0) is 36.4. The summed E-state index contributed by atoms with van der Waals surface area (Å²) in [5.41, 5.74) is 0. The standard InChI is InChI=1S/C46H77NO3/c1-3-5-7-9-11-13-15-17-18-19-20-21-22-23-24-25-26-27-28-30-32-34-36-38-40-42-46(50)47-44(43-48)45(49)41-39-37-35-33-31-29-16-14-12-10-8-6-4-2/h5,7,11-14,17-18,20-21,23-24,31,33,39,41,44-45,48-49H,3-4,6,8-10,15-16,19,22,25-30,32,34-38,40,42-43H2,1-2H3,(H,47,50)/b7-5-,13-11-,14-12+,18-17-,21-20-,24-23-,33-31+,41-39+. The van der Waals surface area contributed by atoms with Crippen molar-refractivity contribution in [3.8, 4) is 0 Å². The summed E-state index contributed by atoms with van der Waals surface area (Å²) in [5, 5.41) is 22.9. The first-order chi connectivity index (χ1) is 24.7. The van der Waals surface area contributed by atoms with E-state index >= 15 is 0 Å². The Bertz CT molecular complexity index is 968. The third-order valence-corrected chi connectivity index (χ3v) is 8.53. The van der Waals surface area contributed by atoms with E-state index < -0.39 is 12.1 Å². The number of unbranched alkanes of at least 4 members (excludes halogenated alkanes) is 14. The van der Waals surface area contributed by atoms with E-state index in [1.807, 2.05) is 6.08 Å². The normalized spacial score (nSPS) is 14.1. The minimum Gasteiger partial charge on any atom is -0.394 e. The summed E-state index contributed by atoms with van der Waals surface area (Å²) < 4.78 is 0. The highest BCUT2D eigenvalue weighted by atomic mass is 16.3. The number of carbonyl (C=O) groups is 1. The lowest BCUT2D eigenvalue weighted by Gasteiger charge is -2.19. The Balaban J connectivity index is 3.68. The highest BCUT2D eigenvalue weighted by Gasteiger charge is 2.17. The highest BCUT2D eigenvalue weighted by Crippen LogP contribution is 2.12. The second-order valence-corrected chi connectivity index (χ2v) is 13.3. The minimum absolute atomic E-state index is 0.0913. The number of aliphatic hydroxyl groups is 2. The van der Waals surface area contributed by atoms with Gasteiger partial charge in [0.2, 0.25) is 5.91 Å². The lowest BCUT2D eigenvalue weighted by atomic mass is 10.1. The molecule has 0 saturated heterocycles. The zero-order valence-corrected chi connectivity index (χ0v) is 32.4. The van der Waals surface area contributed by atoms with E-state index in [1.54, 1.807) is 6.08 Å². The van der Waals surface area contributed by atoms with E-state index in [0.717, 1.165) is 77.0 Å². The molecule has 50 heavy (non-hydrogen) atoms. The van der Waals surface area contributed by atoms with Crippen LogP contribution in [0.4, 0.5) is 0 Å². The highest BCUT2D eigenvalue weighted by molar-refractivity contribution is 5.76.